The van der Waals surface area contributed by atoms with E-state index in [2.05, 4.69) is 17.2 Å². The highest BCUT2D eigenvalue weighted by molar-refractivity contribution is 7.20. The Morgan fingerprint density at radius 1 is 1.29 bits per heavy atom. The summed E-state index contributed by atoms with van der Waals surface area (Å²) in [5.41, 5.74) is 2.00. The van der Waals surface area contributed by atoms with Crippen LogP contribution in [0.5, 0.6) is 5.75 Å². The van der Waals surface area contributed by atoms with Crippen LogP contribution in [0.4, 0.5) is 0 Å². The molecular weight excluding hydrogens is 327 g/mol. The molecule has 0 aliphatic carbocycles. The summed E-state index contributed by atoms with van der Waals surface area (Å²) in [5.74, 6) is 0.760. The fourth-order valence-corrected chi connectivity index (χ4v) is 3.62. The first-order valence-corrected chi connectivity index (χ1v) is 8.48. The van der Waals surface area contributed by atoms with Gasteiger partial charge in [0, 0.05) is 11.8 Å². The van der Waals surface area contributed by atoms with Crippen LogP contribution in [0.3, 0.4) is 0 Å². The number of hydrogen-bond acceptors (Lipinski definition) is 4. The van der Waals surface area contributed by atoms with Crippen molar-refractivity contribution in [2.45, 2.75) is 26.3 Å². The lowest BCUT2D eigenvalue weighted by Gasteiger charge is -2.19. The molecule has 0 aromatic carbocycles. The standard InChI is InChI=1S/C15H18Cl2N2OS/c1-3-5-19-14(12-7-13(16)21-15(12)17)10-6-11(20-4-2)9-18-8-10/h6-9,14,19H,3-5H2,1-2H3. The largest absolute Gasteiger partial charge is 0.492 e. The topological polar surface area (TPSA) is 34.2 Å². The molecule has 0 fully saturated rings. The van der Waals surface area contributed by atoms with Crippen LogP contribution in [0, 0.1) is 0 Å². The van der Waals surface area contributed by atoms with E-state index in [1.807, 2.05) is 25.3 Å². The van der Waals surface area contributed by atoms with Gasteiger partial charge in [0.05, 0.1) is 27.5 Å². The molecule has 1 unspecified atom stereocenters. The maximum atomic E-state index is 6.31. The Morgan fingerprint density at radius 3 is 2.71 bits per heavy atom. The summed E-state index contributed by atoms with van der Waals surface area (Å²) in [4.78, 5) is 4.26. The second kappa shape index (κ2) is 7.99. The molecule has 0 saturated heterocycles. The van der Waals surface area contributed by atoms with Crippen LogP contribution >= 0.6 is 34.5 Å². The first kappa shape index (κ1) is 16.6. The third kappa shape index (κ3) is 4.33. The van der Waals surface area contributed by atoms with Crippen molar-refractivity contribution < 1.29 is 4.74 Å². The van der Waals surface area contributed by atoms with Gasteiger partial charge < -0.3 is 10.1 Å². The SMILES string of the molecule is CCCNC(c1cncc(OCC)c1)c1cc(Cl)sc1Cl. The molecule has 0 radical (unpaired) electrons. The highest BCUT2D eigenvalue weighted by Gasteiger charge is 2.20. The van der Waals surface area contributed by atoms with E-state index in [0.717, 1.165) is 29.8 Å². The van der Waals surface area contributed by atoms with Crippen LogP contribution in [-0.2, 0) is 0 Å². The second-order valence-electron chi connectivity index (χ2n) is 4.55. The van der Waals surface area contributed by atoms with Crippen LogP contribution in [0.25, 0.3) is 0 Å². The third-order valence-corrected chi connectivity index (χ3v) is 4.49. The summed E-state index contributed by atoms with van der Waals surface area (Å²) in [5, 5.41) is 3.49. The van der Waals surface area contributed by atoms with Gasteiger partial charge in [0.1, 0.15) is 5.75 Å². The Bertz CT molecular complexity index is 589. The monoisotopic (exact) mass is 344 g/mol. The van der Waals surface area contributed by atoms with Crippen molar-refractivity contribution in [3.05, 3.63) is 44.3 Å². The zero-order chi connectivity index (χ0) is 15.2. The molecule has 21 heavy (non-hydrogen) atoms. The number of nitrogens with zero attached hydrogens (tertiary/aromatic N) is 1. The summed E-state index contributed by atoms with van der Waals surface area (Å²) in [6.45, 7) is 5.58. The Hall–Kier alpha value is -0.810. The van der Waals surface area contributed by atoms with Crippen LogP contribution in [0.2, 0.25) is 8.67 Å². The fourth-order valence-electron chi connectivity index (χ4n) is 2.08. The summed E-state index contributed by atoms with van der Waals surface area (Å²) < 4.78 is 6.92. The minimum atomic E-state index is -0.0332. The third-order valence-electron chi connectivity index (χ3n) is 2.97. The molecule has 0 aliphatic rings. The minimum absolute atomic E-state index is 0.0332. The number of hydrogen-bond donors (Lipinski definition) is 1. The number of nitrogens with one attached hydrogen (secondary N) is 1. The van der Waals surface area contributed by atoms with Gasteiger partial charge in [0.2, 0.25) is 0 Å². The molecule has 0 amide bonds. The number of halogens is 2. The summed E-state index contributed by atoms with van der Waals surface area (Å²) in [7, 11) is 0. The minimum Gasteiger partial charge on any atom is -0.492 e. The molecule has 0 saturated carbocycles. The molecule has 2 heterocycles. The first-order chi connectivity index (χ1) is 10.2. The van der Waals surface area contributed by atoms with Crippen LogP contribution in [-0.4, -0.2) is 18.1 Å². The van der Waals surface area contributed by atoms with E-state index in [1.165, 1.54) is 11.3 Å². The van der Waals surface area contributed by atoms with Crippen molar-refractivity contribution in [3.63, 3.8) is 0 Å². The number of ether oxygens (including phenoxy) is 1. The van der Waals surface area contributed by atoms with Gasteiger partial charge in [-0.3, -0.25) is 4.98 Å². The van der Waals surface area contributed by atoms with Gasteiger partial charge in [-0.15, -0.1) is 11.3 Å². The van der Waals surface area contributed by atoms with Gasteiger partial charge in [0.15, 0.2) is 0 Å². The average Bonchev–Trinajstić information content (AvgIpc) is 2.79. The van der Waals surface area contributed by atoms with Gasteiger partial charge in [-0.25, -0.2) is 0 Å². The normalized spacial score (nSPS) is 12.4. The zero-order valence-electron chi connectivity index (χ0n) is 12.0. The van der Waals surface area contributed by atoms with Crippen molar-refractivity contribution in [2.75, 3.05) is 13.2 Å². The van der Waals surface area contributed by atoms with E-state index in [1.54, 1.807) is 6.20 Å². The van der Waals surface area contributed by atoms with Crippen LogP contribution < -0.4 is 10.1 Å². The van der Waals surface area contributed by atoms with Gasteiger partial charge in [-0.1, -0.05) is 30.1 Å². The van der Waals surface area contributed by atoms with E-state index in [9.17, 15) is 0 Å². The molecule has 0 spiro atoms. The second-order valence-corrected chi connectivity index (χ2v) is 6.84. The molecule has 1 atom stereocenters. The Morgan fingerprint density at radius 2 is 2.10 bits per heavy atom. The van der Waals surface area contributed by atoms with Gasteiger partial charge in [0.25, 0.3) is 0 Å². The molecule has 6 heteroatoms. The molecular formula is C15H18Cl2N2OS. The molecule has 0 bridgehead atoms. The lowest BCUT2D eigenvalue weighted by Crippen LogP contribution is -2.23. The Kier molecular flexibility index (Phi) is 6.30. The van der Waals surface area contributed by atoms with Crippen molar-refractivity contribution >= 4 is 34.5 Å². The number of thiophene rings is 1. The van der Waals surface area contributed by atoms with Crippen molar-refractivity contribution in [2.24, 2.45) is 0 Å². The smallest absolute Gasteiger partial charge is 0.137 e. The van der Waals surface area contributed by atoms with Gasteiger partial charge in [-0.05, 0) is 37.6 Å². The Labute approximate surface area is 139 Å². The number of aromatic nitrogens is 1. The molecule has 3 nitrogen and oxygen atoms in total. The maximum absolute atomic E-state index is 6.31. The molecule has 2 aromatic rings. The fraction of sp³-hybridized carbons (Fsp3) is 0.400. The van der Waals surface area contributed by atoms with Crippen LogP contribution in [0.15, 0.2) is 24.5 Å². The number of pyridine rings is 1. The quantitative estimate of drug-likeness (QED) is 0.772. The predicted octanol–water partition coefficient (Wildman–Crippen LogP) is 4.94. The Balaban J connectivity index is 2.35. The van der Waals surface area contributed by atoms with E-state index < -0.39 is 0 Å². The lowest BCUT2D eigenvalue weighted by atomic mass is 10.0. The van der Waals surface area contributed by atoms with E-state index in [4.69, 9.17) is 27.9 Å². The molecule has 2 aromatic heterocycles. The van der Waals surface area contributed by atoms with Gasteiger partial charge in [-0.2, -0.15) is 0 Å². The first-order valence-electron chi connectivity index (χ1n) is 6.91. The molecule has 114 valence electrons. The summed E-state index contributed by atoms with van der Waals surface area (Å²) in [6.07, 6.45) is 4.58. The lowest BCUT2D eigenvalue weighted by molar-refractivity contribution is 0.338. The number of rotatable bonds is 7. The molecule has 2 rings (SSSR count). The summed E-state index contributed by atoms with van der Waals surface area (Å²) >= 11 is 13.8. The molecule has 1 N–H and O–H groups in total. The zero-order valence-corrected chi connectivity index (χ0v) is 14.4. The van der Waals surface area contributed by atoms with Crippen molar-refractivity contribution in [1.82, 2.24) is 10.3 Å². The average molecular weight is 345 g/mol. The maximum Gasteiger partial charge on any atom is 0.137 e. The highest BCUT2D eigenvalue weighted by Crippen LogP contribution is 2.37. The van der Waals surface area contributed by atoms with Gasteiger partial charge >= 0.3 is 0 Å². The molecule has 0 aliphatic heterocycles. The van der Waals surface area contributed by atoms with E-state index in [0.29, 0.717) is 15.3 Å². The van der Waals surface area contributed by atoms with Crippen molar-refractivity contribution in [3.8, 4) is 5.75 Å². The predicted molar refractivity (Wildman–Crippen MR) is 89.9 cm³/mol. The van der Waals surface area contributed by atoms with Crippen molar-refractivity contribution in [1.29, 1.82) is 0 Å². The highest BCUT2D eigenvalue weighted by atomic mass is 35.5. The van der Waals surface area contributed by atoms with Crippen LogP contribution in [0.1, 0.15) is 37.4 Å². The van der Waals surface area contributed by atoms with E-state index >= 15 is 0 Å². The summed E-state index contributed by atoms with van der Waals surface area (Å²) in [6, 6.07) is 3.87. The van der Waals surface area contributed by atoms with E-state index in [-0.39, 0.29) is 6.04 Å².